The minimum atomic E-state index is -3.50. The average Bonchev–Trinajstić information content (AvgIpc) is 2.45. The number of sulfonamides is 1. The Morgan fingerprint density at radius 1 is 1.05 bits per heavy atom. The Morgan fingerprint density at radius 2 is 1.75 bits per heavy atom. The van der Waals surface area contributed by atoms with Crippen LogP contribution in [0.25, 0.3) is 0 Å². The molecule has 0 fully saturated rings. The molecule has 0 saturated carbocycles. The Labute approximate surface area is 121 Å². The van der Waals surface area contributed by atoms with Crippen molar-refractivity contribution in [2.75, 3.05) is 26.2 Å². The Morgan fingerprint density at radius 3 is 2.45 bits per heavy atom. The lowest BCUT2D eigenvalue weighted by molar-refractivity contribution is 0.306. The molecular formula is C14H24N2O3S. The van der Waals surface area contributed by atoms with Gasteiger partial charge in [-0.1, -0.05) is 26.0 Å². The van der Waals surface area contributed by atoms with Crippen LogP contribution in [-0.2, 0) is 10.0 Å². The first-order chi connectivity index (χ1) is 9.61. The average molecular weight is 300 g/mol. The molecule has 0 saturated heterocycles. The number of nitrogens with one attached hydrogen (secondary N) is 2. The van der Waals surface area contributed by atoms with Crippen molar-refractivity contribution < 1.29 is 13.2 Å². The van der Waals surface area contributed by atoms with Crippen molar-refractivity contribution >= 4 is 10.0 Å². The highest BCUT2D eigenvalue weighted by molar-refractivity contribution is 7.89. The molecule has 0 aliphatic carbocycles. The first-order valence-corrected chi connectivity index (χ1v) is 8.52. The third-order valence-corrected chi connectivity index (χ3v) is 4.14. The van der Waals surface area contributed by atoms with Gasteiger partial charge in [0.05, 0.1) is 0 Å². The summed E-state index contributed by atoms with van der Waals surface area (Å²) >= 11 is 0. The standard InChI is InChI=1S/C14H24N2O3S/c1-3-9-15-11-12-19-13-7-5-6-8-14(13)20(17,18)16-10-4-2/h5-8,15-16H,3-4,9-12H2,1-2H3. The summed E-state index contributed by atoms with van der Waals surface area (Å²) in [5, 5.41) is 3.21. The number of hydrogen-bond acceptors (Lipinski definition) is 4. The zero-order valence-electron chi connectivity index (χ0n) is 12.2. The van der Waals surface area contributed by atoms with E-state index >= 15 is 0 Å². The summed E-state index contributed by atoms with van der Waals surface area (Å²) in [6, 6.07) is 6.71. The number of rotatable bonds is 10. The Hall–Kier alpha value is -1.11. The van der Waals surface area contributed by atoms with Crippen LogP contribution in [0.5, 0.6) is 5.75 Å². The predicted molar refractivity (Wildman–Crippen MR) is 80.6 cm³/mol. The molecular weight excluding hydrogens is 276 g/mol. The van der Waals surface area contributed by atoms with E-state index in [4.69, 9.17) is 4.74 Å². The second-order valence-electron chi connectivity index (χ2n) is 4.44. The first-order valence-electron chi connectivity index (χ1n) is 7.04. The molecule has 5 nitrogen and oxygen atoms in total. The lowest BCUT2D eigenvalue weighted by Crippen LogP contribution is -2.26. The molecule has 0 unspecified atom stereocenters. The van der Waals surface area contributed by atoms with Gasteiger partial charge < -0.3 is 10.1 Å². The molecule has 0 aliphatic heterocycles. The molecule has 6 heteroatoms. The lowest BCUT2D eigenvalue weighted by atomic mass is 10.3. The molecule has 1 aromatic rings. The van der Waals surface area contributed by atoms with Gasteiger partial charge in [-0.05, 0) is 31.5 Å². The van der Waals surface area contributed by atoms with Gasteiger partial charge >= 0.3 is 0 Å². The normalized spacial score (nSPS) is 11.5. The largest absolute Gasteiger partial charge is 0.491 e. The Balaban J connectivity index is 2.68. The first kappa shape index (κ1) is 16.9. The molecule has 2 N–H and O–H groups in total. The zero-order valence-corrected chi connectivity index (χ0v) is 13.0. The Bertz CT molecular complexity index is 489. The fourth-order valence-corrected chi connectivity index (χ4v) is 2.92. The van der Waals surface area contributed by atoms with Crippen LogP contribution in [0.3, 0.4) is 0 Å². The summed E-state index contributed by atoms with van der Waals surface area (Å²) in [7, 11) is -3.50. The summed E-state index contributed by atoms with van der Waals surface area (Å²) < 4.78 is 32.4. The molecule has 114 valence electrons. The van der Waals surface area contributed by atoms with Gasteiger partial charge in [-0.3, -0.25) is 0 Å². The van der Waals surface area contributed by atoms with E-state index < -0.39 is 10.0 Å². The number of benzene rings is 1. The van der Waals surface area contributed by atoms with Crippen LogP contribution in [0.4, 0.5) is 0 Å². The molecule has 0 atom stereocenters. The summed E-state index contributed by atoms with van der Waals surface area (Å²) in [5.74, 6) is 0.398. The van der Waals surface area contributed by atoms with Crippen LogP contribution >= 0.6 is 0 Å². The number of hydrogen-bond donors (Lipinski definition) is 2. The SMILES string of the molecule is CCCNCCOc1ccccc1S(=O)(=O)NCCC. The van der Waals surface area contributed by atoms with Gasteiger partial charge in [0.2, 0.25) is 10.0 Å². The monoisotopic (exact) mass is 300 g/mol. The molecule has 1 rings (SSSR count). The lowest BCUT2D eigenvalue weighted by Gasteiger charge is -2.12. The molecule has 0 spiro atoms. The number of para-hydroxylation sites is 1. The molecule has 0 aliphatic rings. The highest BCUT2D eigenvalue weighted by atomic mass is 32.2. The quantitative estimate of drug-likeness (QED) is 0.646. The van der Waals surface area contributed by atoms with Crippen molar-refractivity contribution in [3.63, 3.8) is 0 Å². The van der Waals surface area contributed by atoms with Crippen LogP contribution in [0, 0.1) is 0 Å². The molecule has 0 heterocycles. The Kier molecular flexibility index (Phi) is 7.58. The van der Waals surface area contributed by atoms with Crippen molar-refractivity contribution in [3.8, 4) is 5.75 Å². The van der Waals surface area contributed by atoms with Crippen LogP contribution in [0.1, 0.15) is 26.7 Å². The molecule has 0 aromatic heterocycles. The summed E-state index contributed by atoms with van der Waals surface area (Å²) in [4.78, 5) is 0.198. The van der Waals surface area contributed by atoms with Crippen LogP contribution in [-0.4, -0.2) is 34.7 Å². The van der Waals surface area contributed by atoms with E-state index in [1.807, 2.05) is 6.92 Å². The van der Waals surface area contributed by atoms with E-state index in [2.05, 4.69) is 17.0 Å². The third kappa shape index (κ3) is 5.48. The van der Waals surface area contributed by atoms with E-state index in [1.54, 1.807) is 24.3 Å². The minimum absolute atomic E-state index is 0.198. The van der Waals surface area contributed by atoms with Crippen LogP contribution in [0.15, 0.2) is 29.2 Å². The van der Waals surface area contributed by atoms with Gasteiger partial charge in [-0.2, -0.15) is 0 Å². The fraction of sp³-hybridized carbons (Fsp3) is 0.571. The van der Waals surface area contributed by atoms with Gasteiger partial charge in [-0.15, -0.1) is 0 Å². The van der Waals surface area contributed by atoms with Crippen LogP contribution in [0.2, 0.25) is 0 Å². The van der Waals surface area contributed by atoms with Gasteiger partial charge in [0.1, 0.15) is 17.3 Å². The summed E-state index contributed by atoms with van der Waals surface area (Å²) in [6.07, 6.45) is 1.81. The van der Waals surface area contributed by atoms with Gasteiger partial charge in [0.15, 0.2) is 0 Å². The van der Waals surface area contributed by atoms with Crippen molar-refractivity contribution in [1.82, 2.24) is 10.0 Å². The van der Waals surface area contributed by atoms with Crippen molar-refractivity contribution in [2.45, 2.75) is 31.6 Å². The molecule has 0 radical (unpaired) electrons. The van der Waals surface area contributed by atoms with E-state index in [0.717, 1.165) is 19.4 Å². The van der Waals surface area contributed by atoms with E-state index in [9.17, 15) is 8.42 Å². The highest BCUT2D eigenvalue weighted by Gasteiger charge is 2.18. The molecule has 0 amide bonds. The summed E-state index contributed by atoms with van der Waals surface area (Å²) in [5.41, 5.74) is 0. The minimum Gasteiger partial charge on any atom is -0.491 e. The predicted octanol–water partition coefficient (Wildman–Crippen LogP) is 1.75. The van der Waals surface area contributed by atoms with Crippen molar-refractivity contribution in [1.29, 1.82) is 0 Å². The second-order valence-corrected chi connectivity index (χ2v) is 6.18. The smallest absolute Gasteiger partial charge is 0.244 e. The molecule has 1 aromatic carbocycles. The van der Waals surface area contributed by atoms with Crippen molar-refractivity contribution in [2.24, 2.45) is 0 Å². The topological polar surface area (TPSA) is 67.4 Å². The fourth-order valence-electron chi connectivity index (χ4n) is 1.64. The zero-order chi connectivity index (χ0) is 14.8. The highest BCUT2D eigenvalue weighted by Crippen LogP contribution is 2.22. The second kappa shape index (κ2) is 8.94. The molecule has 20 heavy (non-hydrogen) atoms. The maximum absolute atomic E-state index is 12.1. The van der Waals surface area contributed by atoms with E-state index in [-0.39, 0.29) is 4.90 Å². The van der Waals surface area contributed by atoms with Gasteiger partial charge in [0, 0.05) is 13.1 Å². The summed E-state index contributed by atoms with van der Waals surface area (Å²) in [6.45, 7) is 6.51. The third-order valence-electron chi connectivity index (χ3n) is 2.64. The maximum Gasteiger partial charge on any atom is 0.244 e. The van der Waals surface area contributed by atoms with E-state index in [0.29, 0.717) is 25.4 Å². The number of ether oxygens (including phenoxy) is 1. The van der Waals surface area contributed by atoms with Crippen molar-refractivity contribution in [3.05, 3.63) is 24.3 Å². The van der Waals surface area contributed by atoms with Gasteiger partial charge in [-0.25, -0.2) is 13.1 Å². The van der Waals surface area contributed by atoms with Crippen LogP contribution < -0.4 is 14.8 Å². The van der Waals surface area contributed by atoms with E-state index in [1.165, 1.54) is 0 Å². The van der Waals surface area contributed by atoms with Gasteiger partial charge in [0.25, 0.3) is 0 Å². The maximum atomic E-state index is 12.1. The molecule has 0 bridgehead atoms.